The summed E-state index contributed by atoms with van der Waals surface area (Å²) in [5.74, 6) is -1.49. The molecule has 1 aromatic carbocycles. The monoisotopic (exact) mass is 306 g/mol. The van der Waals surface area contributed by atoms with E-state index < -0.39 is 18.2 Å². The number of rotatable bonds is 4. The molecule has 0 bridgehead atoms. The second kappa shape index (κ2) is 6.93. The molecular formula is C15H18N2O5. The first-order valence-electron chi connectivity index (χ1n) is 7.02. The first-order valence-corrected chi connectivity index (χ1v) is 7.02. The van der Waals surface area contributed by atoms with Gasteiger partial charge in [-0.05, 0) is 12.0 Å². The highest BCUT2D eigenvalue weighted by atomic mass is 16.6. The average molecular weight is 306 g/mol. The number of benzene rings is 1. The van der Waals surface area contributed by atoms with E-state index in [2.05, 4.69) is 0 Å². The van der Waals surface area contributed by atoms with Gasteiger partial charge in [0.2, 0.25) is 12.0 Å². The standard InChI is InChI=1S/C15H18N2O5/c1-11(18)16-8-5-9-17(16)15(21)22-13(14(19)20)10-12-6-3-2-4-7-12/h2-4,6-7,13H,5,8-10H2,1H3,(H,19,20). The van der Waals surface area contributed by atoms with Gasteiger partial charge in [-0.15, -0.1) is 0 Å². The van der Waals surface area contributed by atoms with Crippen molar-refractivity contribution in [2.45, 2.75) is 25.9 Å². The molecule has 0 aliphatic carbocycles. The highest BCUT2D eigenvalue weighted by Gasteiger charge is 2.33. The lowest BCUT2D eigenvalue weighted by Crippen LogP contribution is -2.46. The molecule has 22 heavy (non-hydrogen) atoms. The summed E-state index contributed by atoms with van der Waals surface area (Å²) >= 11 is 0. The Morgan fingerprint density at radius 1 is 1.18 bits per heavy atom. The molecular weight excluding hydrogens is 288 g/mol. The number of nitrogens with zero attached hydrogens (tertiary/aromatic N) is 2. The Bertz CT molecular complexity index is 560. The van der Waals surface area contributed by atoms with Crippen LogP contribution < -0.4 is 0 Å². The zero-order chi connectivity index (χ0) is 16.1. The van der Waals surface area contributed by atoms with Crippen molar-refractivity contribution in [1.82, 2.24) is 10.0 Å². The maximum absolute atomic E-state index is 12.1. The second-order valence-corrected chi connectivity index (χ2v) is 5.02. The molecule has 1 aromatic rings. The number of ether oxygens (including phenoxy) is 1. The third-order valence-corrected chi connectivity index (χ3v) is 3.39. The summed E-state index contributed by atoms with van der Waals surface area (Å²) in [7, 11) is 0. The van der Waals surface area contributed by atoms with Crippen LogP contribution >= 0.6 is 0 Å². The summed E-state index contributed by atoms with van der Waals surface area (Å²) in [6, 6.07) is 8.92. The van der Waals surface area contributed by atoms with Crippen LogP contribution in [-0.2, 0) is 20.7 Å². The average Bonchev–Trinajstić information content (AvgIpc) is 2.97. The molecule has 1 unspecified atom stereocenters. The van der Waals surface area contributed by atoms with Crippen LogP contribution in [0.3, 0.4) is 0 Å². The Morgan fingerprint density at radius 2 is 1.82 bits per heavy atom. The smallest absolute Gasteiger partial charge is 0.429 e. The Hall–Kier alpha value is -2.57. The van der Waals surface area contributed by atoms with Crippen molar-refractivity contribution >= 4 is 18.0 Å². The zero-order valence-corrected chi connectivity index (χ0v) is 12.3. The van der Waals surface area contributed by atoms with Gasteiger partial charge in [0.25, 0.3) is 0 Å². The molecule has 0 spiro atoms. The van der Waals surface area contributed by atoms with Crippen LogP contribution in [-0.4, -0.2) is 52.3 Å². The Labute approximate surface area is 128 Å². The summed E-state index contributed by atoms with van der Waals surface area (Å²) in [5, 5.41) is 11.6. The molecule has 1 aliphatic rings. The summed E-state index contributed by atoms with van der Waals surface area (Å²) in [4.78, 5) is 34.8. The maximum atomic E-state index is 12.1. The number of carboxylic acid groups (broad SMARTS) is 1. The van der Waals surface area contributed by atoms with Gasteiger partial charge in [-0.1, -0.05) is 30.3 Å². The van der Waals surface area contributed by atoms with E-state index in [9.17, 15) is 19.5 Å². The minimum atomic E-state index is -1.29. The Kier molecular flexibility index (Phi) is 4.98. The van der Waals surface area contributed by atoms with Gasteiger partial charge in [0.15, 0.2) is 0 Å². The van der Waals surface area contributed by atoms with Gasteiger partial charge in [-0.25, -0.2) is 19.6 Å². The number of carboxylic acids is 1. The van der Waals surface area contributed by atoms with Crippen LogP contribution in [0, 0.1) is 0 Å². The van der Waals surface area contributed by atoms with Crippen molar-refractivity contribution in [2.24, 2.45) is 0 Å². The largest absolute Gasteiger partial charge is 0.478 e. The molecule has 1 aliphatic heterocycles. The Morgan fingerprint density at radius 3 is 2.41 bits per heavy atom. The SMILES string of the molecule is CC(=O)N1CCCN1C(=O)OC(Cc1ccccc1)C(=O)O. The summed E-state index contributed by atoms with van der Waals surface area (Å²) in [5.41, 5.74) is 0.757. The van der Waals surface area contributed by atoms with Gasteiger partial charge in [-0.2, -0.15) is 0 Å². The number of hydrazine groups is 1. The zero-order valence-electron chi connectivity index (χ0n) is 12.3. The van der Waals surface area contributed by atoms with Crippen LogP contribution in [0.15, 0.2) is 30.3 Å². The highest BCUT2D eigenvalue weighted by molar-refractivity contribution is 5.80. The van der Waals surface area contributed by atoms with Gasteiger partial charge < -0.3 is 9.84 Å². The topological polar surface area (TPSA) is 87.2 Å². The molecule has 1 N–H and O–H groups in total. The van der Waals surface area contributed by atoms with E-state index in [1.165, 1.54) is 11.9 Å². The van der Waals surface area contributed by atoms with Crippen LogP contribution in [0.25, 0.3) is 0 Å². The first-order chi connectivity index (χ1) is 10.5. The van der Waals surface area contributed by atoms with Crippen LogP contribution in [0.2, 0.25) is 0 Å². The van der Waals surface area contributed by atoms with Crippen molar-refractivity contribution in [3.63, 3.8) is 0 Å². The van der Waals surface area contributed by atoms with Gasteiger partial charge in [0.1, 0.15) is 0 Å². The van der Waals surface area contributed by atoms with Gasteiger partial charge >= 0.3 is 12.1 Å². The van der Waals surface area contributed by atoms with E-state index in [0.29, 0.717) is 19.5 Å². The van der Waals surface area contributed by atoms with Crippen molar-refractivity contribution < 1.29 is 24.2 Å². The minimum Gasteiger partial charge on any atom is -0.478 e. The van der Waals surface area contributed by atoms with Crippen LogP contribution in [0.5, 0.6) is 0 Å². The normalized spacial score (nSPS) is 15.5. The third kappa shape index (κ3) is 3.75. The number of aliphatic carboxylic acids is 1. The van der Waals surface area contributed by atoms with Crippen molar-refractivity contribution in [3.05, 3.63) is 35.9 Å². The molecule has 1 heterocycles. The molecule has 1 fully saturated rings. The van der Waals surface area contributed by atoms with Gasteiger partial charge in [0, 0.05) is 26.4 Å². The predicted molar refractivity (Wildman–Crippen MR) is 76.8 cm³/mol. The number of hydrogen-bond donors (Lipinski definition) is 1. The molecule has 118 valence electrons. The lowest BCUT2D eigenvalue weighted by atomic mass is 10.1. The summed E-state index contributed by atoms with van der Waals surface area (Å²) in [6.07, 6.45) is -1.37. The first kappa shape index (κ1) is 15.8. The predicted octanol–water partition coefficient (Wildman–Crippen LogP) is 1.29. The molecule has 7 heteroatoms. The molecule has 0 radical (unpaired) electrons. The molecule has 0 aromatic heterocycles. The van der Waals surface area contributed by atoms with Gasteiger partial charge in [0.05, 0.1) is 0 Å². The fourth-order valence-corrected chi connectivity index (χ4v) is 2.32. The second-order valence-electron chi connectivity index (χ2n) is 5.02. The van der Waals surface area contributed by atoms with Crippen LogP contribution in [0.1, 0.15) is 18.9 Å². The number of carbonyl (C=O) groups excluding carboxylic acids is 2. The molecule has 2 rings (SSSR count). The van der Waals surface area contributed by atoms with Crippen molar-refractivity contribution in [2.75, 3.05) is 13.1 Å². The lowest BCUT2D eigenvalue weighted by Gasteiger charge is -2.27. The maximum Gasteiger partial charge on any atom is 0.429 e. The number of amides is 2. The van der Waals surface area contributed by atoms with E-state index in [1.54, 1.807) is 24.3 Å². The van der Waals surface area contributed by atoms with E-state index >= 15 is 0 Å². The number of carbonyl (C=O) groups is 3. The fraction of sp³-hybridized carbons (Fsp3) is 0.400. The van der Waals surface area contributed by atoms with Crippen molar-refractivity contribution in [3.8, 4) is 0 Å². The number of hydrogen-bond acceptors (Lipinski definition) is 4. The van der Waals surface area contributed by atoms with E-state index in [-0.39, 0.29) is 12.3 Å². The Balaban J connectivity index is 2.03. The van der Waals surface area contributed by atoms with E-state index in [1.807, 2.05) is 6.07 Å². The van der Waals surface area contributed by atoms with Crippen LogP contribution in [0.4, 0.5) is 4.79 Å². The third-order valence-electron chi connectivity index (χ3n) is 3.39. The summed E-state index contributed by atoms with van der Waals surface area (Å²) in [6.45, 7) is 2.13. The van der Waals surface area contributed by atoms with E-state index in [4.69, 9.17) is 4.74 Å². The van der Waals surface area contributed by atoms with Gasteiger partial charge in [-0.3, -0.25) is 4.79 Å². The lowest BCUT2D eigenvalue weighted by molar-refractivity contribution is -0.149. The quantitative estimate of drug-likeness (QED) is 0.905. The highest BCUT2D eigenvalue weighted by Crippen LogP contribution is 2.15. The van der Waals surface area contributed by atoms with Crippen molar-refractivity contribution in [1.29, 1.82) is 0 Å². The molecule has 7 nitrogen and oxygen atoms in total. The molecule has 1 saturated heterocycles. The molecule has 1 atom stereocenters. The summed E-state index contributed by atoms with van der Waals surface area (Å²) < 4.78 is 5.07. The molecule has 0 saturated carbocycles. The molecule has 2 amide bonds. The van der Waals surface area contributed by atoms with E-state index in [0.717, 1.165) is 10.6 Å². The minimum absolute atomic E-state index is 0.0792. The fourth-order valence-electron chi connectivity index (χ4n) is 2.32.